The Hall–Kier alpha value is -1.46. The van der Waals surface area contributed by atoms with Crippen LogP contribution in [-0.2, 0) is 11.3 Å². The highest BCUT2D eigenvalue weighted by molar-refractivity contribution is 5.85. The first-order chi connectivity index (χ1) is 8.17. The minimum atomic E-state index is -1.00. The predicted octanol–water partition coefficient (Wildman–Crippen LogP) is 1.29. The second-order valence-electron chi connectivity index (χ2n) is 3.76. The monoisotopic (exact) mass is 238 g/mol. The van der Waals surface area contributed by atoms with Crippen molar-refractivity contribution in [3.8, 4) is 0 Å². The van der Waals surface area contributed by atoms with Gasteiger partial charge in [-0.05, 0) is 18.6 Å². The number of methoxy groups -OCH3 is 1. The molecule has 0 saturated carbocycles. The van der Waals surface area contributed by atoms with E-state index in [2.05, 4.69) is 17.2 Å². The summed E-state index contributed by atoms with van der Waals surface area (Å²) in [5.74, 6) is -1.00. The third-order valence-electron chi connectivity index (χ3n) is 2.46. The maximum absolute atomic E-state index is 10.7. The zero-order chi connectivity index (χ0) is 12.7. The Morgan fingerprint density at radius 1 is 1.59 bits per heavy atom. The molecular formula is C12H18N2O3. The van der Waals surface area contributed by atoms with Gasteiger partial charge in [0.25, 0.3) is 0 Å². The topological polar surface area (TPSA) is 71.5 Å². The lowest BCUT2D eigenvalue weighted by Crippen LogP contribution is -2.32. The van der Waals surface area contributed by atoms with Gasteiger partial charge in [-0.3, -0.25) is 0 Å². The lowest BCUT2D eigenvalue weighted by Gasteiger charge is -2.15. The molecule has 2 N–H and O–H groups in total. The van der Waals surface area contributed by atoms with Crippen LogP contribution in [0.2, 0.25) is 0 Å². The fourth-order valence-corrected chi connectivity index (χ4v) is 1.47. The van der Waals surface area contributed by atoms with E-state index in [9.17, 15) is 4.79 Å². The van der Waals surface area contributed by atoms with E-state index in [0.717, 1.165) is 12.1 Å². The van der Waals surface area contributed by atoms with Gasteiger partial charge in [0.15, 0.2) is 0 Å². The Morgan fingerprint density at radius 3 is 2.94 bits per heavy atom. The maximum atomic E-state index is 10.7. The number of ether oxygens (including phenoxy) is 1. The number of nitrogens with one attached hydrogen (secondary N) is 1. The SMILES string of the molecule is CCC(COC)NCc1cccc(C(=O)O)n1. The molecule has 0 aliphatic rings. The van der Waals surface area contributed by atoms with Gasteiger partial charge >= 0.3 is 5.97 Å². The number of carbonyl (C=O) groups is 1. The fraction of sp³-hybridized carbons (Fsp3) is 0.500. The van der Waals surface area contributed by atoms with Gasteiger partial charge in [-0.15, -0.1) is 0 Å². The average molecular weight is 238 g/mol. The number of rotatable bonds is 7. The number of carboxylic acid groups (broad SMARTS) is 1. The Balaban J connectivity index is 2.56. The number of hydrogen-bond acceptors (Lipinski definition) is 4. The van der Waals surface area contributed by atoms with E-state index in [0.29, 0.717) is 13.2 Å². The summed E-state index contributed by atoms with van der Waals surface area (Å²) in [6, 6.07) is 5.25. The summed E-state index contributed by atoms with van der Waals surface area (Å²) in [4.78, 5) is 14.8. The zero-order valence-electron chi connectivity index (χ0n) is 10.1. The smallest absolute Gasteiger partial charge is 0.354 e. The molecule has 0 amide bonds. The molecule has 1 unspecified atom stereocenters. The van der Waals surface area contributed by atoms with Crippen molar-refractivity contribution in [1.29, 1.82) is 0 Å². The molecule has 0 saturated heterocycles. The van der Waals surface area contributed by atoms with E-state index >= 15 is 0 Å². The zero-order valence-corrected chi connectivity index (χ0v) is 10.1. The molecule has 5 heteroatoms. The number of hydrogen-bond donors (Lipinski definition) is 2. The Bertz CT molecular complexity index is 369. The van der Waals surface area contributed by atoms with Crippen LogP contribution in [0.1, 0.15) is 29.5 Å². The first-order valence-electron chi connectivity index (χ1n) is 5.59. The second kappa shape index (κ2) is 6.98. The van der Waals surface area contributed by atoms with Crippen molar-refractivity contribution < 1.29 is 14.6 Å². The minimum Gasteiger partial charge on any atom is -0.477 e. The van der Waals surface area contributed by atoms with Crippen molar-refractivity contribution in [2.45, 2.75) is 25.9 Å². The standard InChI is InChI=1S/C12H18N2O3/c1-3-9(8-17-2)13-7-10-5-4-6-11(14-10)12(15)16/h4-6,9,13H,3,7-8H2,1-2H3,(H,15,16). The molecular weight excluding hydrogens is 220 g/mol. The van der Waals surface area contributed by atoms with Gasteiger partial charge in [0.1, 0.15) is 5.69 Å². The molecule has 0 aliphatic heterocycles. The summed E-state index contributed by atoms with van der Waals surface area (Å²) >= 11 is 0. The quantitative estimate of drug-likeness (QED) is 0.749. The van der Waals surface area contributed by atoms with Gasteiger partial charge in [0.2, 0.25) is 0 Å². The van der Waals surface area contributed by atoms with Crippen molar-refractivity contribution in [3.63, 3.8) is 0 Å². The molecule has 1 heterocycles. The molecule has 1 atom stereocenters. The molecule has 0 aliphatic carbocycles. The maximum Gasteiger partial charge on any atom is 0.354 e. The Labute approximate surface area is 101 Å². The average Bonchev–Trinajstić information content (AvgIpc) is 2.34. The molecule has 0 spiro atoms. The van der Waals surface area contributed by atoms with E-state index in [1.54, 1.807) is 19.2 Å². The first kappa shape index (κ1) is 13.6. The third kappa shape index (κ3) is 4.50. The number of pyridine rings is 1. The molecule has 17 heavy (non-hydrogen) atoms. The van der Waals surface area contributed by atoms with Crippen LogP contribution in [0, 0.1) is 0 Å². The number of aromatic nitrogens is 1. The molecule has 0 radical (unpaired) electrons. The van der Waals surface area contributed by atoms with Crippen LogP contribution in [0.5, 0.6) is 0 Å². The lowest BCUT2D eigenvalue weighted by atomic mass is 10.2. The molecule has 1 aromatic rings. The third-order valence-corrected chi connectivity index (χ3v) is 2.46. The van der Waals surface area contributed by atoms with Crippen molar-refractivity contribution in [2.24, 2.45) is 0 Å². The number of carboxylic acids is 1. The van der Waals surface area contributed by atoms with Crippen molar-refractivity contribution in [3.05, 3.63) is 29.6 Å². The van der Waals surface area contributed by atoms with E-state index in [1.807, 2.05) is 0 Å². The highest BCUT2D eigenvalue weighted by Crippen LogP contribution is 2.01. The summed E-state index contributed by atoms with van der Waals surface area (Å²) in [6.07, 6.45) is 0.951. The molecule has 0 fully saturated rings. The van der Waals surface area contributed by atoms with E-state index < -0.39 is 5.97 Å². The molecule has 5 nitrogen and oxygen atoms in total. The molecule has 1 aromatic heterocycles. The van der Waals surface area contributed by atoms with Crippen LogP contribution < -0.4 is 5.32 Å². The van der Waals surface area contributed by atoms with E-state index in [4.69, 9.17) is 9.84 Å². The Kier molecular flexibility index (Phi) is 5.59. The van der Waals surface area contributed by atoms with E-state index in [-0.39, 0.29) is 11.7 Å². The Morgan fingerprint density at radius 2 is 2.35 bits per heavy atom. The lowest BCUT2D eigenvalue weighted by molar-refractivity contribution is 0.0690. The summed E-state index contributed by atoms with van der Waals surface area (Å²) < 4.78 is 5.07. The highest BCUT2D eigenvalue weighted by atomic mass is 16.5. The van der Waals surface area contributed by atoms with Gasteiger partial charge in [0.05, 0.1) is 12.3 Å². The normalized spacial score (nSPS) is 12.4. The molecule has 1 rings (SSSR count). The molecule has 0 bridgehead atoms. The van der Waals surface area contributed by atoms with Crippen LogP contribution in [0.3, 0.4) is 0 Å². The van der Waals surface area contributed by atoms with Gasteiger partial charge in [-0.1, -0.05) is 13.0 Å². The van der Waals surface area contributed by atoms with Crippen LogP contribution in [0.15, 0.2) is 18.2 Å². The van der Waals surface area contributed by atoms with Crippen molar-refractivity contribution >= 4 is 5.97 Å². The summed E-state index contributed by atoms with van der Waals surface area (Å²) in [6.45, 7) is 3.25. The summed E-state index contributed by atoms with van der Waals surface area (Å²) in [7, 11) is 1.66. The van der Waals surface area contributed by atoms with Crippen molar-refractivity contribution in [1.82, 2.24) is 10.3 Å². The first-order valence-corrected chi connectivity index (χ1v) is 5.59. The van der Waals surface area contributed by atoms with Crippen LogP contribution in [0.25, 0.3) is 0 Å². The van der Waals surface area contributed by atoms with Gasteiger partial charge in [-0.25, -0.2) is 9.78 Å². The van der Waals surface area contributed by atoms with Crippen molar-refractivity contribution in [2.75, 3.05) is 13.7 Å². The molecule has 94 valence electrons. The second-order valence-corrected chi connectivity index (χ2v) is 3.76. The number of nitrogens with zero attached hydrogens (tertiary/aromatic N) is 1. The van der Waals surface area contributed by atoms with Crippen LogP contribution >= 0.6 is 0 Å². The minimum absolute atomic E-state index is 0.0732. The highest BCUT2D eigenvalue weighted by Gasteiger charge is 2.07. The van der Waals surface area contributed by atoms with Gasteiger partial charge < -0.3 is 15.2 Å². The largest absolute Gasteiger partial charge is 0.477 e. The van der Waals surface area contributed by atoms with E-state index in [1.165, 1.54) is 6.07 Å². The van der Waals surface area contributed by atoms with Gasteiger partial charge in [-0.2, -0.15) is 0 Å². The summed E-state index contributed by atoms with van der Waals surface area (Å²) in [5, 5.41) is 12.1. The van der Waals surface area contributed by atoms with Crippen LogP contribution in [-0.4, -0.2) is 35.8 Å². The molecule has 0 aromatic carbocycles. The fourth-order valence-electron chi connectivity index (χ4n) is 1.47. The predicted molar refractivity (Wildman–Crippen MR) is 64.0 cm³/mol. The number of aromatic carboxylic acids is 1. The van der Waals surface area contributed by atoms with Gasteiger partial charge in [0, 0.05) is 19.7 Å². The van der Waals surface area contributed by atoms with Crippen LogP contribution in [0.4, 0.5) is 0 Å². The summed E-state index contributed by atoms with van der Waals surface area (Å²) in [5.41, 5.74) is 0.795.